The standard InChI is InChI=1S/C19H14Cl2N2O3/c20-13-1-4-17-11(6-13)5-12(9-25-17)19(24)23-14-2-3-15(16(21)7-14)18-8-22-10-26-18/h1-4,6-8,10,12H,5,9H2,(H,23,24). The van der Waals surface area contributed by atoms with E-state index in [2.05, 4.69) is 10.3 Å². The molecule has 0 bridgehead atoms. The SMILES string of the molecule is O=C(Nc1ccc(-c2cnco2)c(Cl)c1)C1COc2ccc(Cl)cc2C1. The number of carbonyl (C=O) groups excluding carboxylic acids is 1. The smallest absolute Gasteiger partial charge is 0.231 e. The summed E-state index contributed by atoms with van der Waals surface area (Å²) in [6, 6.07) is 10.7. The molecule has 26 heavy (non-hydrogen) atoms. The number of ether oxygens (including phenoxy) is 1. The van der Waals surface area contributed by atoms with E-state index in [9.17, 15) is 4.79 Å². The number of hydrogen-bond donors (Lipinski definition) is 1. The van der Waals surface area contributed by atoms with E-state index in [1.165, 1.54) is 6.39 Å². The maximum atomic E-state index is 12.6. The second-order valence-corrected chi connectivity index (χ2v) is 6.86. The maximum Gasteiger partial charge on any atom is 0.231 e. The molecule has 0 radical (unpaired) electrons. The molecule has 1 aliphatic heterocycles. The van der Waals surface area contributed by atoms with Crippen molar-refractivity contribution in [3.8, 4) is 17.1 Å². The molecule has 1 aromatic heterocycles. The van der Waals surface area contributed by atoms with Crippen molar-refractivity contribution in [1.29, 1.82) is 0 Å². The Hall–Kier alpha value is -2.50. The number of oxazole rings is 1. The van der Waals surface area contributed by atoms with Crippen LogP contribution in [0.1, 0.15) is 5.56 Å². The van der Waals surface area contributed by atoms with Gasteiger partial charge in [0, 0.05) is 16.3 Å². The minimum atomic E-state index is -0.298. The fourth-order valence-corrected chi connectivity index (χ4v) is 3.39. The molecule has 0 spiro atoms. The zero-order valence-electron chi connectivity index (χ0n) is 13.5. The minimum Gasteiger partial charge on any atom is -0.492 e. The Morgan fingerprint density at radius 2 is 2.08 bits per heavy atom. The number of rotatable bonds is 3. The van der Waals surface area contributed by atoms with Crippen molar-refractivity contribution in [3.63, 3.8) is 0 Å². The third kappa shape index (κ3) is 3.41. The van der Waals surface area contributed by atoms with Crippen molar-refractivity contribution in [1.82, 2.24) is 4.98 Å². The highest BCUT2D eigenvalue weighted by molar-refractivity contribution is 6.33. The van der Waals surface area contributed by atoms with E-state index in [1.54, 1.807) is 30.5 Å². The van der Waals surface area contributed by atoms with Crippen LogP contribution in [0.3, 0.4) is 0 Å². The van der Waals surface area contributed by atoms with E-state index >= 15 is 0 Å². The normalized spacial score (nSPS) is 15.8. The van der Waals surface area contributed by atoms with Crippen LogP contribution in [0.25, 0.3) is 11.3 Å². The molecule has 4 rings (SSSR count). The van der Waals surface area contributed by atoms with Crippen molar-refractivity contribution in [2.24, 2.45) is 5.92 Å². The maximum absolute atomic E-state index is 12.6. The lowest BCUT2D eigenvalue weighted by atomic mass is 9.96. The van der Waals surface area contributed by atoms with Crippen molar-refractivity contribution >= 4 is 34.8 Å². The molecule has 3 aromatic rings. The molecule has 0 aliphatic carbocycles. The highest BCUT2D eigenvalue weighted by Crippen LogP contribution is 2.32. The van der Waals surface area contributed by atoms with Gasteiger partial charge in [0.15, 0.2) is 12.2 Å². The van der Waals surface area contributed by atoms with Crippen LogP contribution in [0.2, 0.25) is 10.0 Å². The fourth-order valence-electron chi connectivity index (χ4n) is 2.92. The predicted octanol–water partition coefficient (Wildman–Crippen LogP) is 4.84. The topological polar surface area (TPSA) is 64.4 Å². The first-order valence-electron chi connectivity index (χ1n) is 8.00. The van der Waals surface area contributed by atoms with E-state index < -0.39 is 0 Å². The zero-order valence-corrected chi connectivity index (χ0v) is 15.1. The molecule has 1 unspecified atom stereocenters. The number of carbonyl (C=O) groups is 1. The summed E-state index contributed by atoms with van der Waals surface area (Å²) < 4.78 is 10.9. The van der Waals surface area contributed by atoms with Gasteiger partial charge in [-0.3, -0.25) is 4.79 Å². The fraction of sp³-hybridized carbons (Fsp3) is 0.158. The van der Waals surface area contributed by atoms with Gasteiger partial charge in [-0.2, -0.15) is 0 Å². The predicted molar refractivity (Wildman–Crippen MR) is 99.7 cm³/mol. The molecular weight excluding hydrogens is 375 g/mol. The van der Waals surface area contributed by atoms with Gasteiger partial charge in [0.1, 0.15) is 12.4 Å². The number of hydrogen-bond acceptors (Lipinski definition) is 4. The van der Waals surface area contributed by atoms with Gasteiger partial charge in [-0.25, -0.2) is 4.98 Å². The van der Waals surface area contributed by atoms with Crippen LogP contribution in [-0.2, 0) is 11.2 Å². The molecule has 1 aliphatic rings. The third-order valence-electron chi connectivity index (χ3n) is 4.23. The number of fused-ring (bicyclic) bond motifs is 1. The Bertz CT molecular complexity index is 957. The number of nitrogens with zero attached hydrogens (tertiary/aromatic N) is 1. The zero-order chi connectivity index (χ0) is 18.1. The van der Waals surface area contributed by atoms with E-state index in [0.717, 1.165) is 11.3 Å². The second kappa shape index (κ2) is 7.02. The van der Waals surface area contributed by atoms with Crippen molar-refractivity contribution in [2.75, 3.05) is 11.9 Å². The van der Waals surface area contributed by atoms with Crippen molar-refractivity contribution < 1.29 is 13.9 Å². The Morgan fingerprint density at radius 3 is 2.85 bits per heavy atom. The second-order valence-electron chi connectivity index (χ2n) is 6.01. The Morgan fingerprint density at radius 1 is 1.19 bits per heavy atom. The molecule has 0 fully saturated rings. The average Bonchev–Trinajstić information content (AvgIpc) is 3.15. The highest BCUT2D eigenvalue weighted by atomic mass is 35.5. The van der Waals surface area contributed by atoms with Gasteiger partial charge in [0.25, 0.3) is 0 Å². The van der Waals surface area contributed by atoms with Crippen molar-refractivity contribution in [2.45, 2.75) is 6.42 Å². The molecular formula is C19H14Cl2N2O3. The van der Waals surface area contributed by atoms with Crippen LogP contribution in [-0.4, -0.2) is 17.5 Å². The quantitative estimate of drug-likeness (QED) is 0.697. The van der Waals surface area contributed by atoms with Crippen molar-refractivity contribution in [3.05, 3.63) is 64.6 Å². The lowest BCUT2D eigenvalue weighted by molar-refractivity contribution is -0.121. The minimum absolute atomic E-state index is 0.126. The summed E-state index contributed by atoms with van der Waals surface area (Å²) in [4.78, 5) is 16.5. The molecule has 2 heterocycles. The van der Waals surface area contributed by atoms with E-state index in [4.69, 9.17) is 32.4 Å². The van der Waals surface area contributed by atoms with Crippen LogP contribution >= 0.6 is 23.2 Å². The molecule has 1 amide bonds. The van der Waals surface area contributed by atoms with E-state index in [0.29, 0.717) is 40.1 Å². The summed E-state index contributed by atoms with van der Waals surface area (Å²) in [5.41, 5.74) is 2.26. The molecule has 0 saturated heterocycles. The van der Waals surface area contributed by atoms with Crippen LogP contribution < -0.4 is 10.1 Å². The summed E-state index contributed by atoms with van der Waals surface area (Å²) in [5, 5.41) is 3.98. The molecule has 2 aromatic carbocycles. The largest absolute Gasteiger partial charge is 0.492 e. The van der Waals surface area contributed by atoms with Gasteiger partial charge in [0.2, 0.25) is 5.91 Å². The van der Waals surface area contributed by atoms with E-state index in [-0.39, 0.29) is 11.8 Å². The van der Waals surface area contributed by atoms with Gasteiger partial charge in [-0.1, -0.05) is 23.2 Å². The Kier molecular flexibility index (Phi) is 4.57. The van der Waals surface area contributed by atoms with Gasteiger partial charge in [-0.15, -0.1) is 0 Å². The van der Waals surface area contributed by atoms with Gasteiger partial charge >= 0.3 is 0 Å². The number of aromatic nitrogens is 1. The molecule has 1 N–H and O–H groups in total. The average molecular weight is 389 g/mol. The Balaban J connectivity index is 1.48. The highest BCUT2D eigenvalue weighted by Gasteiger charge is 2.26. The molecule has 5 nitrogen and oxygen atoms in total. The van der Waals surface area contributed by atoms with Crippen LogP contribution in [0, 0.1) is 5.92 Å². The van der Waals surface area contributed by atoms with Gasteiger partial charge in [0.05, 0.1) is 17.1 Å². The molecule has 0 saturated carbocycles. The monoisotopic (exact) mass is 388 g/mol. The number of amides is 1. The number of anilines is 1. The first-order chi connectivity index (χ1) is 12.6. The van der Waals surface area contributed by atoms with E-state index in [1.807, 2.05) is 12.1 Å². The summed E-state index contributed by atoms with van der Waals surface area (Å²) in [5.74, 6) is 0.924. The molecule has 7 heteroatoms. The number of benzene rings is 2. The lowest BCUT2D eigenvalue weighted by Gasteiger charge is -2.24. The summed E-state index contributed by atoms with van der Waals surface area (Å²) >= 11 is 12.3. The number of halogens is 2. The lowest BCUT2D eigenvalue weighted by Crippen LogP contribution is -2.32. The first-order valence-corrected chi connectivity index (χ1v) is 8.76. The third-order valence-corrected chi connectivity index (χ3v) is 4.78. The van der Waals surface area contributed by atoms with Crippen LogP contribution in [0.4, 0.5) is 5.69 Å². The summed E-state index contributed by atoms with van der Waals surface area (Å²) in [6.45, 7) is 0.324. The first kappa shape index (κ1) is 16.9. The van der Waals surface area contributed by atoms with Gasteiger partial charge in [-0.05, 0) is 48.4 Å². The Labute approximate surface area is 159 Å². The van der Waals surface area contributed by atoms with Crippen LogP contribution in [0.5, 0.6) is 5.75 Å². The summed E-state index contributed by atoms with van der Waals surface area (Å²) in [6.07, 6.45) is 3.50. The number of nitrogens with one attached hydrogen (secondary N) is 1. The van der Waals surface area contributed by atoms with Gasteiger partial charge < -0.3 is 14.5 Å². The molecule has 132 valence electrons. The summed E-state index contributed by atoms with van der Waals surface area (Å²) in [7, 11) is 0. The molecule has 1 atom stereocenters. The van der Waals surface area contributed by atoms with Crippen LogP contribution in [0.15, 0.2) is 53.4 Å².